The minimum Gasteiger partial charge on any atom is -0.494 e. The molecule has 0 bridgehead atoms. The lowest BCUT2D eigenvalue weighted by molar-refractivity contribution is 0.267. The van der Waals surface area contributed by atoms with E-state index in [1.165, 1.54) is 0 Å². The molecule has 1 heterocycles. The molecule has 0 unspecified atom stereocenters. The van der Waals surface area contributed by atoms with Crippen LogP contribution < -0.4 is 10.1 Å². The molecule has 0 aliphatic rings. The molecule has 2 aromatic rings. The Balaban J connectivity index is 2.13. The monoisotopic (exact) mass is 277 g/mol. The highest BCUT2D eigenvalue weighted by atomic mass is 16.5. The highest BCUT2D eigenvalue weighted by Gasteiger charge is 2.13. The van der Waals surface area contributed by atoms with Crippen LogP contribution in [0.5, 0.6) is 5.75 Å². The standard InChI is InChI=1S/C14H19N3O3/c1-4-19-13-6-5-12(7-11(13)8-18)15-9(2)14-16-10(3)17-20-14/h5-7,9,15,18H,4,8H2,1-3H3/t9-/m1/s1. The predicted molar refractivity (Wildman–Crippen MR) is 74.6 cm³/mol. The second-order valence-electron chi connectivity index (χ2n) is 4.46. The average Bonchev–Trinajstić information content (AvgIpc) is 2.87. The van der Waals surface area contributed by atoms with Crippen LogP contribution in [-0.4, -0.2) is 21.9 Å². The zero-order valence-electron chi connectivity index (χ0n) is 11.9. The SMILES string of the molecule is CCOc1ccc(N[C@H](C)c2nc(C)no2)cc1CO. The van der Waals surface area contributed by atoms with E-state index in [2.05, 4.69) is 15.5 Å². The lowest BCUT2D eigenvalue weighted by atomic mass is 10.1. The third-order valence-electron chi connectivity index (χ3n) is 2.83. The van der Waals surface area contributed by atoms with Crippen molar-refractivity contribution in [1.82, 2.24) is 10.1 Å². The van der Waals surface area contributed by atoms with Crippen LogP contribution in [0.2, 0.25) is 0 Å². The maximum Gasteiger partial charge on any atom is 0.248 e. The van der Waals surface area contributed by atoms with Crippen LogP contribution in [0.1, 0.15) is 37.2 Å². The number of aryl methyl sites for hydroxylation is 1. The number of hydrogen-bond donors (Lipinski definition) is 2. The number of hydrogen-bond acceptors (Lipinski definition) is 6. The smallest absolute Gasteiger partial charge is 0.248 e. The molecule has 0 spiro atoms. The van der Waals surface area contributed by atoms with Crippen molar-refractivity contribution in [3.05, 3.63) is 35.5 Å². The van der Waals surface area contributed by atoms with Gasteiger partial charge in [0.2, 0.25) is 5.89 Å². The van der Waals surface area contributed by atoms with Crippen molar-refractivity contribution in [3.63, 3.8) is 0 Å². The number of rotatable bonds is 6. The highest BCUT2D eigenvalue weighted by molar-refractivity contribution is 5.51. The molecule has 0 saturated carbocycles. The van der Waals surface area contributed by atoms with Crippen LogP contribution in [0.25, 0.3) is 0 Å². The van der Waals surface area contributed by atoms with Crippen molar-refractivity contribution in [3.8, 4) is 5.75 Å². The number of aliphatic hydroxyl groups excluding tert-OH is 1. The molecule has 108 valence electrons. The van der Waals surface area contributed by atoms with Crippen LogP contribution in [-0.2, 0) is 6.61 Å². The van der Waals surface area contributed by atoms with E-state index < -0.39 is 0 Å². The van der Waals surface area contributed by atoms with Crippen molar-refractivity contribution < 1.29 is 14.4 Å². The van der Waals surface area contributed by atoms with E-state index in [0.29, 0.717) is 24.1 Å². The Morgan fingerprint density at radius 1 is 1.45 bits per heavy atom. The molecule has 6 heteroatoms. The number of aromatic nitrogens is 2. The topological polar surface area (TPSA) is 80.4 Å². The molecule has 1 aromatic heterocycles. The molecule has 2 N–H and O–H groups in total. The summed E-state index contributed by atoms with van der Waals surface area (Å²) in [6, 6.07) is 5.47. The van der Waals surface area contributed by atoms with Gasteiger partial charge in [0.1, 0.15) is 11.8 Å². The van der Waals surface area contributed by atoms with E-state index >= 15 is 0 Å². The van der Waals surface area contributed by atoms with E-state index in [4.69, 9.17) is 9.26 Å². The number of nitrogens with zero attached hydrogens (tertiary/aromatic N) is 2. The lowest BCUT2D eigenvalue weighted by Crippen LogP contribution is -2.08. The number of benzene rings is 1. The number of anilines is 1. The van der Waals surface area contributed by atoms with Crippen LogP contribution in [0.15, 0.2) is 22.7 Å². The van der Waals surface area contributed by atoms with Crippen LogP contribution >= 0.6 is 0 Å². The van der Waals surface area contributed by atoms with Gasteiger partial charge in [0.05, 0.1) is 13.2 Å². The Labute approximate surface area is 117 Å². The molecule has 1 atom stereocenters. The first-order valence-electron chi connectivity index (χ1n) is 6.57. The van der Waals surface area contributed by atoms with Gasteiger partial charge in [-0.15, -0.1) is 0 Å². The highest BCUT2D eigenvalue weighted by Crippen LogP contribution is 2.25. The summed E-state index contributed by atoms with van der Waals surface area (Å²) in [7, 11) is 0. The minimum absolute atomic E-state index is 0.0705. The van der Waals surface area contributed by atoms with E-state index in [1.54, 1.807) is 6.92 Å². The summed E-state index contributed by atoms with van der Waals surface area (Å²) in [5.41, 5.74) is 1.60. The van der Waals surface area contributed by atoms with Crippen molar-refractivity contribution in [2.75, 3.05) is 11.9 Å². The molecule has 0 radical (unpaired) electrons. The average molecular weight is 277 g/mol. The van der Waals surface area contributed by atoms with Crippen LogP contribution in [0, 0.1) is 6.92 Å². The molecule has 0 fully saturated rings. The van der Waals surface area contributed by atoms with Gasteiger partial charge in [-0.05, 0) is 39.0 Å². The molecule has 2 rings (SSSR count). The maximum absolute atomic E-state index is 9.38. The van der Waals surface area contributed by atoms with Crippen molar-refractivity contribution in [2.24, 2.45) is 0 Å². The van der Waals surface area contributed by atoms with Gasteiger partial charge in [-0.3, -0.25) is 0 Å². The van der Waals surface area contributed by atoms with Crippen LogP contribution in [0.4, 0.5) is 5.69 Å². The molecule has 20 heavy (non-hydrogen) atoms. The first kappa shape index (κ1) is 14.3. The van der Waals surface area contributed by atoms with Gasteiger partial charge in [0, 0.05) is 11.3 Å². The molecule has 0 aliphatic carbocycles. The molecule has 1 aromatic carbocycles. The molecule has 0 saturated heterocycles. The fourth-order valence-electron chi connectivity index (χ4n) is 1.89. The van der Waals surface area contributed by atoms with E-state index in [0.717, 1.165) is 11.3 Å². The van der Waals surface area contributed by atoms with Gasteiger partial charge >= 0.3 is 0 Å². The van der Waals surface area contributed by atoms with Crippen LogP contribution in [0.3, 0.4) is 0 Å². The fraction of sp³-hybridized carbons (Fsp3) is 0.429. The normalized spacial score (nSPS) is 12.2. The number of ether oxygens (including phenoxy) is 1. The third kappa shape index (κ3) is 3.27. The maximum atomic E-state index is 9.38. The molecule has 0 aliphatic heterocycles. The Bertz CT molecular complexity index is 569. The largest absolute Gasteiger partial charge is 0.494 e. The minimum atomic E-state index is -0.110. The summed E-state index contributed by atoms with van der Waals surface area (Å²) in [6.07, 6.45) is 0. The number of nitrogens with one attached hydrogen (secondary N) is 1. The van der Waals surface area contributed by atoms with E-state index in [-0.39, 0.29) is 12.6 Å². The first-order chi connectivity index (χ1) is 9.63. The summed E-state index contributed by atoms with van der Waals surface area (Å²) in [6.45, 7) is 6.12. The lowest BCUT2D eigenvalue weighted by Gasteiger charge is -2.14. The Hall–Kier alpha value is -2.08. The van der Waals surface area contributed by atoms with Gasteiger partial charge in [0.25, 0.3) is 0 Å². The van der Waals surface area contributed by atoms with E-state index in [9.17, 15) is 5.11 Å². The van der Waals surface area contributed by atoms with Gasteiger partial charge in [-0.2, -0.15) is 4.98 Å². The molecule has 6 nitrogen and oxygen atoms in total. The summed E-state index contributed by atoms with van der Waals surface area (Å²) < 4.78 is 10.6. The van der Waals surface area contributed by atoms with Crippen molar-refractivity contribution >= 4 is 5.69 Å². The zero-order chi connectivity index (χ0) is 14.5. The van der Waals surface area contributed by atoms with E-state index in [1.807, 2.05) is 32.0 Å². The Morgan fingerprint density at radius 3 is 2.85 bits per heavy atom. The predicted octanol–water partition coefficient (Wildman–Crippen LogP) is 2.44. The zero-order valence-corrected chi connectivity index (χ0v) is 11.9. The molecule has 0 amide bonds. The summed E-state index contributed by atoms with van der Waals surface area (Å²) in [4.78, 5) is 4.18. The second-order valence-corrected chi connectivity index (χ2v) is 4.46. The van der Waals surface area contributed by atoms with Gasteiger partial charge < -0.3 is 19.7 Å². The van der Waals surface area contributed by atoms with Crippen molar-refractivity contribution in [2.45, 2.75) is 33.4 Å². The fourth-order valence-corrected chi connectivity index (χ4v) is 1.89. The second kappa shape index (κ2) is 6.38. The van der Waals surface area contributed by atoms with Gasteiger partial charge in [-0.25, -0.2) is 0 Å². The summed E-state index contributed by atoms with van der Waals surface area (Å²) >= 11 is 0. The number of aliphatic hydroxyl groups is 1. The Kier molecular flexibility index (Phi) is 4.57. The first-order valence-corrected chi connectivity index (χ1v) is 6.57. The molecular formula is C14H19N3O3. The summed E-state index contributed by atoms with van der Waals surface area (Å²) in [5, 5.41) is 16.4. The quantitative estimate of drug-likeness (QED) is 0.844. The Morgan fingerprint density at radius 2 is 2.25 bits per heavy atom. The molecular weight excluding hydrogens is 258 g/mol. The van der Waals surface area contributed by atoms with Crippen molar-refractivity contribution in [1.29, 1.82) is 0 Å². The third-order valence-corrected chi connectivity index (χ3v) is 2.83. The summed E-state index contributed by atoms with van der Waals surface area (Å²) in [5.74, 6) is 1.83. The van der Waals surface area contributed by atoms with Gasteiger partial charge in [0.15, 0.2) is 5.82 Å². The van der Waals surface area contributed by atoms with Gasteiger partial charge in [-0.1, -0.05) is 5.16 Å².